The van der Waals surface area contributed by atoms with E-state index in [1.807, 2.05) is 11.9 Å². The highest BCUT2D eigenvalue weighted by molar-refractivity contribution is 5.78. The number of carbonyl (C=O) groups is 1. The Morgan fingerprint density at radius 3 is 2.73 bits per heavy atom. The van der Waals surface area contributed by atoms with Crippen molar-refractivity contribution in [3.05, 3.63) is 0 Å². The molecule has 0 saturated heterocycles. The molecular weight excluding hydrogens is 188 g/mol. The standard InChI is InChI=1S/C12H20N2O/c1-3-9-13-10-12(15)14(2)11-7-5-4-6-8-11/h1,11,13H,4-10H2,2H3. The normalized spacial score (nSPS) is 17.1. The van der Waals surface area contributed by atoms with E-state index in [-0.39, 0.29) is 5.91 Å². The zero-order valence-electron chi connectivity index (χ0n) is 9.46. The lowest BCUT2D eigenvalue weighted by molar-refractivity contribution is -0.131. The third-order valence-corrected chi connectivity index (χ3v) is 3.02. The predicted molar refractivity (Wildman–Crippen MR) is 61.3 cm³/mol. The van der Waals surface area contributed by atoms with Crippen LogP contribution in [0.25, 0.3) is 0 Å². The molecule has 0 bridgehead atoms. The van der Waals surface area contributed by atoms with Gasteiger partial charge in [0.05, 0.1) is 13.1 Å². The van der Waals surface area contributed by atoms with Crippen molar-refractivity contribution in [2.24, 2.45) is 0 Å². The van der Waals surface area contributed by atoms with E-state index in [1.165, 1.54) is 19.3 Å². The summed E-state index contributed by atoms with van der Waals surface area (Å²) >= 11 is 0. The van der Waals surface area contributed by atoms with Crippen LogP contribution in [0.1, 0.15) is 32.1 Å². The van der Waals surface area contributed by atoms with Gasteiger partial charge in [0.1, 0.15) is 0 Å². The number of terminal acetylenes is 1. The van der Waals surface area contributed by atoms with E-state index in [2.05, 4.69) is 11.2 Å². The number of amides is 1. The van der Waals surface area contributed by atoms with Gasteiger partial charge in [-0.2, -0.15) is 0 Å². The summed E-state index contributed by atoms with van der Waals surface area (Å²) in [4.78, 5) is 13.6. The summed E-state index contributed by atoms with van der Waals surface area (Å²) in [7, 11) is 1.90. The van der Waals surface area contributed by atoms with Crippen LogP contribution in [0, 0.1) is 12.3 Å². The molecule has 0 aromatic carbocycles. The molecule has 1 saturated carbocycles. The fourth-order valence-corrected chi connectivity index (χ4v) is 2.04. The quantitative estimate of drug-likeness (QED) is 0.552. The summed E-state index contributed by atoms with van der Waals surface area (Å²) < 4.78 is 0. The Balaban J connectivity index is 2.28. The monoisotopic (exact) mass is 208 g/mol. The van der Waals surface area contributed by atoms with Crippen LogP contribution >= 0.6 is 0 Å². The van der Waals surface area contributed by atoms with Crippen molar-refractivity contribution in [2.75, 3.05) is 20.1 Å². The fraction of sp³-hybridized carbons (Fsp3) is 0.750. The van der Waals surface area contributed by atoms with Gasteiger partial charge in [0.25, 0.3) is 0 Å². The van der Waals surface area contributed by atoms with Crippen molar-refractivity contribution in [2.45, 2.75) is 38.1 Å². The number of nitrogens with one attached hydrogen (secondary N) is 1. The number of hydrogen-bond donors (Lipinski definition) is 1. The molecule has 3 heteroatoms. The summed E-state index contributed by atoms with van der Waals surface area (Å²) in [5.74, 6) is 2.61. The van der Waals surface area contributed by atoms with Gasteiger partial charge in [-0.25, -0.2) is 0 Å². The molecule has 0 heterocycles. The number of carbonyl (C=O) groups excluding carboxylic acids is 1. The first kappa shape index (κ1) is 12.1. The summed E-state index contributed by atoms with van der Waals surface area (Å²) in [6.07, 6.45) is 11.2. The molecule has 1 fully saturated rings. The van der Waals surface area contributed by atoms with Crippen LogP contribution in [0.15, 0.2) is 0 Å². The van der Waals surface area contributed by atoms with Crippen LogP contribution in [0.3, 0.4) is 0 Å². The lowest BCUT2D eigenvalue weighted by atomic mass is 9.94. The Labute approximate surface area is 92.2 Å². The van der Waals surface area contributed by atoms with Crippen molar-refractivity contribution < 1.29 is 4.79 Å². The van der Waals surface area contributed by atoms with Gasteiger partial charge in [0.15, 0.2) is 0 Å². The lowest BCUT2D eigenvalue weighted by Gasteiger charge is -2.31. The molecule has 0 aromatic rings. The second-order valence-electron chi connectivity index (χ2n) is 4.10. The number of rotatable bonds is 4. The summed E-state index contributed by atoms with van der Waals surface area (Å²) in [5.41, 5.74) is 0. The lowest BCUT2D eigenvalue weighted by Crippen LogP contribution is -2.42. The van der Waals surface area contributed by atoms with Crippen LogP contribution in [0.4, 0.5) is 0 Å². The first-order valence-electron chi connectivity index (χ1n) is 5.65. The van der Waals surface area contributed by atoms with Crippen LogP contribution in [-0.2, 0) is 4.79 Å². The minimum Gasteiger partial charge on any atom is -0.342 e. The largest absolute Gasteiger partial charge is 0.342 e. The van der Waals surface area contributed by atoms with Crippen LogP contribution in [0.2, 0.25) is 0 Å². The zero-order chi connectivity index (χ0) is 11.1. The fourth-order valence-electron chi connectivity index (χ4n) is 2.04. The highest BCUT2D eigenvalue weighted by Crippen LogP contribution is 2.21. The molecule has 0 aliphatic heterocycles. The van der Waals surface area contributed by atoms with E-state index in [1.54, 1.807) is 0 Å². The molecule has 1 rings (SSSR count). The molecule has 1 aliphatic rings. The van der Waals surface area contributed by atoms with E-state index in [4.69, 9.17) is 6.42 Å². The third-order valence-electron chi connectivity index (χ3n) is 3.02. The van der Waals surface area contributed by atoms with Gasteiger partial charge >= 0.3 is 0 Å². The molecule has 15 heavy (non-hydrogen) atoms. The Bertz CT molecular complexity index is 238. The van der Waals surface area contributed by atoms with E-state index < -0.39 is 0 Å². The van der Waals surface area contributed by atoms with Gasteiger partial charge in [0, 0.05) is 13.1 Å². The van der Waals surface area contributed by atoms with Crippen molar-refractivity contribution in [3.63, 3.8) is 0 Å². The minimum atomic E-state index is 0.150. The van der Waals surface area contributed by atoms with Crippen molar-refractivity contribution in [1.29, 1.82) is 0 Å². The van der Waals surface area contributed by atoms with Crippen molar-refractivity contribution in [3.8, 4) is 12.3 Å². The Hall–Kier alpha value is -1.01. The third kappa shape index (κ3) is 3.93. The molecule has 1 amide bonds. The number of nitrogens with zero attached hydrogens (tertiary/aromatic N) is 1. The van der Waals surface area contributed by atoms with Gasteiger partial charge in [-0.3, -0.25) is 10.1 Å². The van der Waals surface area contributed by atoms with Crippen LogP contribution in [0.5, 0.6) is 0 Å². The molecule has 0 spiro atoms. The molecule has 0 atom stereocenters. The minimum absolute atomic E-state index is 0.150. The smallest absolute Gasteiger partial charge is 0.236 e. The molecule has 84 valence electrons. The van der Waals surface area contributed by atoms with Crippen molar-refractivity contribution >= 4 is 5.91 Å². The number of likely N-dealkylation sites (N-methyl/N-ethyl adjacent to an activating group) is 1. The van der Waals surface area contributed by atoms with E-state index in [0.29, 0.717) is 19.1 Å². The maximum atomic E-state index is 11.7. The SMILES string of the molecule is C#CCNCC(=O)N(C)C1CCCCC1. The molecule has 0 radical (unpaired) electrons. The average molecular weight is 208 g/mol. The Kier molecular flexibility index (Phi) is 5.20. The summed E-state index contributed by atoms with van der Waals surface area (Å²) in [6, 6.07) is 0.443. The first-order valence-corrected chi connectivity index (χ1v) is 5.65. The highest BCUT2D eigenvalue weighted by Gasteiger charge is 2.21. The average Bonchev–Trinajstić information content (AvgIpc) is 2.29. The first-order chi connectivity index (χ1) is 7.25. The van der Waals surface area contributed by atoms with Gasteiger partial charge in [0.2, 0.25) is 5.91 Å². The second-order valence-corrected chi connectivity index (χ2v) is 4.10. The second kappa shape index (κ2) is 6.47. The molecule has 1 aliphatic carbocycles. The van der Waals surface area contributed by atoms with E-state index >= 15 is 0 Å². The Morgan fingerprint density at radius 1 is 1.47 bits per heavy atom. The summed E-state index contributed by atoms with van der Waals surface area (Å²) in [6.45, 7) is 0.821. The van der Waals surface area contributed by atoms with Gasteiger partial charge in [-0.15, -0.1) is 6.42 Å². The molecular formula is C12H20N2O. The van der Waals surface area contributed by atoms with Crippen LogP contribution < -0.4 is 5.32 Å². The number of hydrogen-bond acceptors (Lipinski definition) is 2. The maximum absolute atomic E-state index is 11.7. The molecule has 1 N–H and O–H groups in total. The van der Waals surface area contributed by atoms with E-state index in [0.717, 1.165) is 12.8 Å². The Morgan fingerprint density at radius 2 is 2.13 bits per heavy atom. The van der Waals surface area contributed by atoms with E-state index in [9.17, 15) is 4.79 Å². The molecule has 0 aromatic heterocycles. The topological polar surface area (TPSA) is 32.3 Å². The van der Waals surface area contributed by atoms with Crippen molar-refractivity contribution in [1.82, 2.24) is 10.2 Å². The molecule has 0 unspecified atom stereocenters. The van der Waals surface area contributed by atoms with Gasteiger partial charge in [-0.1, -0.05) is 25.2 Å². The summed E-state index contributed by atoms with van der Waals surface area (Å²) in [5, 5.41) is 2.93. The van der Waals surface area contributed by atoms with Crippen LogP contribution in [-0.4, -0.2) is 37.0 Å². The highest BCUT2D eigenvalue weighted by atomic mass is 16.2. The van der Waals surface area contributed by atoms with Gasteiger partial charge < -0.3 is 4.90 Å². The maximum Gasteiger partial charge on any atom is 0.236 e. The van der Waals surface area contributed by atoms with Gasteiger partial charge in [-0.05, 0) is 12.8 Å². The predicted octanol–water partition coefficient (Wildman–Crippen LogP) is 1.00. The zero-order valence-corrected chi connectivity index (χ0v) is 9.46. The molecule has 3 nitrogen and oxygen atoms in total.